The molecule has 1 aliphatic heterocycles. The normalized spacial score (nSPS) is 24.9. The van der Waals surface area contributed by atoms with Crippen molar-refractivity contribution < 1.29 is 4.74 Å². The Hall–Kier alpha value is -1.13. The molecule has 20 heavy (non-hydrogen) atoms. The molecule has 2 heterocycles. The zero-order chi connectivity index (χ0) is 13.5. The van der Waals surface area contributed by atoms with Crippen molar-refractivity contribution >= 4 is 26.8 Å². The third kappa shape index (κ3) is 2.67. The second kappa shape index (κ2) is 5.01. The summed E-state index contributed by atoms with van der Waals surface area (Å²) >= 11 is 3.57. The van der Waals surface area contributed by atoms with Gasteiger partial charge in [0.2, 0.25) is 0 Å². The lowest BCUT2D eigenvalue weighted by atomic mass is 10.2. The summed E-state index contributed by atoms with van der Waals surface area (Å²) in [4.78, 5) is 6.87. The number of hydrogen-bond donors (Lipinski definition) is 0. The van der Waals surface area contributed by atoms with Crippen LogP contribution < -0.4 is 4.74 Å². The van der Waals surface area contributed by atoms with E-state index in [-0.39, 0.29) is 0 Å². The van der Waals surface area contributed by atoms with E-state index in [0.717, 1.165) is 33.6 Å². The molecule has 2 aliphatic rings. The van der Waals surface area contributed by atoms with Gasteiger partial charge in [-0.1, -0.05) is 6.07 Å². The van der Waals surface area contributed by atoms with E-state index in [0.29, 0.717) is 6.04 Å². The molecule has 4 heteroatoms. The smallest absolute Gasteiger partial charge is 0.134 e. The highest BCUT2D eigenvalue weighted by Gasteiger charge is 2.38. The van der Waals surface area contributed by atoms with Crippen LogP contribution in [0.25, 0.3) is 10.9 Å². The quantitative estimate of drug-likeness (QED) is 0.784. The Labute approximate surface area is 127 Å². The molecule has 1 aliphatic carbocycles. The van der Waals surface area contributed by atoms with Gasteiger partial charge in [-0.2, -0.15) is 0 Å². The van der Waals surface area contributed by atoms with E-state index in [4.69, 9.17) is 4.74 Å². The van der Waals surface area contributed by atoms with Crippen molar-refractivity contribution in [3.8, 4) is 5.75 Å². The van der Waals surface area contributed by atoms with Gasteiger partial charge in [0.15, 0.2) is 0 Å². The van der Waals surface area contributed by atoms with Crippen LogP contribution in [0.5, 0.6) is 5.75 Å². The number of nitrogens with zero attached hydrogens (tertiary/aromatic N) is 2. The molecule has 4 rings (SSSR count). The average molecular weight is 333 g/mol. The lowest BCUT2D eigenvalue weighted by molar-refractivity contribution is 0.291. The van der Waals surface area contributed by atoms with Crippen molar-refractivity contribution in [3.63, 3.8) is 0 Å². The van der Waals surface area contributed by atoms with Gasteiger partial charge >= 0.3 is 0 Å². The molecule has 2 aromatic rings. The highest BCUT2D eigenvalue weighted by Crippen LogP contribution is 2.34. The lowest BCUT2D eigenvalue weighted by Crippen LogP contribution is -2.12. The number of benzene rings is 1. The van der Waals surface area contributed by atoms with Crippen LogP contribution in [0.4, 0.5) is 0 Å². The fraction of sp³-hybridized carbons (Fsp3) is 0.438. The van der Waals surface area contributed by atoms with Crippen molar-refractivity contribution in [2.75, 3.05) is 19.7 Å². The molecular formula is C16H17BrN2O. The first-order chi connectivity index (χ1) is 9.79. The van der Waals surface area contributed by atoms with Crippen molar-refractivity contribution in [2.24, 2.45) is 5.92 Å². The average Bonchev–Trinajstić information content (AvgIpc) is 3.36. The number of halogens is 1. The Morgan fingerprint density at radius 1 is 1.35 bits per heavy atom. The number of aromatic nitrogens is 1. The number of fused-ring (bicyclic) bond motifs is 1. The van der Waals surface area contributed by atoms with Crippen molar-refractivity contribution in [3.05, 3.63) is 34.9 Å². The molecule has 0 radical (unpaired) electrons. The molecule has 0 bridgehead atoms. The molecule has 1 saturated heterocycles. The lowest BCUT2D eigenvalue weighted by Gasteiger charge is -2.09. The zero-order valence-electron chi connectivity index (χ0n) is 11.3. The third-order valence-electron chi connectivity index (χ3n) is 4.11. The zero-order valence-corrected chi connectivity index (χ0v) is 12.8. The van der Waals surface area contributed by atoms with Gasteiger partial charge < -0.3 is 4.74 Å². The first-order valence-corrected chi connectivity index (χ1v) is 8.00. The maximum absolute atomic E-state index is 5.98. The molecule has 0 amide bonds. The molecular weight excluding hydrogens is 316 g/mol. The Kier molecular flexibility index (Phi) is 3.15. The number of rotatable bonds is 5. The van der Waals surface area contributed by atoms with Crippen LogP contribution in [-0.2, 0) is 0 Å². The molecule has 1 aromatic heterocycles. The largest absolute Gasteiger partial charge is 0.491 e. The molecule has 1 saturated carbocycles. The van der Waals surface area contributed by atoms with E-state index < -0.39 is 0 Å². The third-order valence-corrected chi connectivity index (χ3v) is 4.73. The molecule has 3 nitrogen and oxygen atoms in total. The van der Waals surface area contributed by atoms with Gasteiger partial charge in [-0.15, -0.1) is 0 Å². The number of hydrogen-bond acceptors (Lipinski definition) is 3. The molecule has 2 fully saturated rings. The number of pyridine rings is 1. The molecule has 104 valence electrons. The fourth-order valence-corrected chi connectivity index (χ4v) is 3.05. The van der Waals surface area contributed by atoms with E-state index in [1.165, 1.54) is 25.9 Å². The molecule has 1 aromatic carbocycles. The summed E-state index contributed by atoms with van der Waals surface area (Å²) in [7, 11) is 0. The van der Waals surface area contributed by atoms with Crippen LogP contribution in [0, 0.1) is 5.92 Å². The summed E-state index contributed by atoms with van der Waals surface area (Å²) in [5.41, 5.74) is 0.994. The Bertz CT molecular complexity index is 641. The van der Waals surface area contributed by atoms with E-state index in [9.17, 15) is 0 Å². The predicted molar refractivity (Wildman–Crippen MR) is 83.0 cm³/mol. The minimum absolute atomic E-state index is 0.618. The minimum Gasteiger partial charge on any atom is -0.491 e. The summed E-state index contributed by atoms with van der Waals surface area (Å²) in [5, 5.41) is 1.12. The van der Waals surface area contributed by atoms with Crippen molar-refractivity contribution in [1.82, 2.24) is 9.88 Å². The summed E-state index contributed by atoms with van der Waals surface area (Å²) < 4.78 is 6.97. The van der Waals surface area contributed by atoms with Crippen LogP contribution >= 0.6 is 15.9 Å². The molecule has 0 N–H and O–H groups in total. The highest BCUT2D eigenvalue weighted by molar-refractivity contribution is 9.10. The first kappa shape index (κ1) is 12.6. The minimum atomic E-state index is 0.618. The summed E-state index contributed by atoms with van der Waals surface area (Å²) in [5.74, 6) is 1.89. The topological polar surface area (TPSA) is 25.1 Å². The Balaban J connectivity index is 1.42. The SMILES string of the molecule is Brc1cc2ncccc2cc1OCC1CN1CC1CC1. The maximum Gasteiger partial charge on any atom is 0.134 e. The fourth-order valence-electron chi connectivity index (χ4n) is 2.61. The maximum atomic E-state index is 5.98. The summed E-state index contributed by atoms with van der Waals surface area (Å²) in [6, 6.07) is 8.74. The Morgan fingerprint density at radius 3 is 3.10 bits per heavy atom. The standard InChI is InChI=1S/C16H17BrN2O/c17-14-7-15-12(2-1-5-18-15)6-16(14)20-10-13-9-19(13)8-11-3-4-11/h1-2,5-7,11,13H,3-4,8-10H2. The second-order valence-electron chi connectivity index (χ2n) is 5.84. The van der Waals surface area contributed by atoms with Crippen molar-refractivity contribution in [1.29, 1.82) is 0 Å². The summed E-state index contributed by atoms with van der Waals surface area (Å²) in [6.45, 7) is 3.26. The van der Waals surface area contributed by atoms with Gasteiger partial charge in [0, 0.05) is 24.7 Å². The van der Waals surface area contributed by atoms with Crippen LogP contribution in [0.15, 0.2) is 34.9 Å². The monoisotopic (exact) mass is 332 g/mol. The highest BCUT2D eigenvalue weighted by atomic mass is 79.9. The molecule has 0 spiro atoms. The first-order valence-electron chi connectivity index (χ1n) is 7.21. The van der Waals surface area contributed by atoms with E-state index in [1.54, 1.807) is 0 Å². The van der Waals surface area contributed by atoms with Crippen molar-refractivity contribution in [2.45, 2.75) is 18.9 Å². The van der Waals surface area contributed by atoms with Gasteiger partial charge in [-0.25, -0.2) is 0 Å². The van der Waals surface area contributed by atoms with Gasteiger partial charge in [0.1, 0.15) is 12.4 Å². The predicted octanol–water partition coefficient (Wildman–Crippen LogP) is 3.47. The van der Waals surface area contributed by atoms with E-state index >= 15 is 0 Å². The van der Waals surface area contributed by atoms with Gasteiger partial charge in [0.25, 0.3) is 0 Å². The second-order valence-corrected chi connectivity index (χ2v) is 6.70. The molecule has 2 atom stereocenters. The van der Waals surface area contributed by atoms with E-state index in [1.807, 2.05) is 18.3 Å². The van der Waals surface area contributed by atoms with Crippen LogP contribution in [0.2, 0.25) is 0 Å². The van der Waals surface area contributed by atoms with Gasteiger partial charge in [-0.05, 0) is 52.9 Å². The molecule has 2 unspecified atom stereocenters. The van der Waals surface area contributed by atoms with E-state index in [2.05, 4.69) is 37.9 Å². The van der Waals surface area contributed by atoms with Crippen LogP contribution in [-0.4, -0.2) is 35.6 Å². The van der Waals surface area contributed by atoms with Gasteiger partial charge in [0.05, 0.1) is 16.0 Å². The van der Waals surface area contributed by atoms with Crippen LogP contribution in [0.1, 0.15) is 12.8 Å². The Morgan fingerprint density at radius 2 is 2.25 bits per heavy atom. The number of ether oxygens (including phenoxy) is 1. The van der Waals surface area contributed by atoms with Gasteiger partial charge in [-0.3, -0.25) is 9.88 Å². The van der Waals surface area contributed by atoms with Crippen LogP contribution in [0.3, 0.4) is 0 Å². The summed E-state index contributed by atoms with van der Waals surface area (Å²) in [6.07, 6.45) is 4.66.